The molecule has 1 aromatic rings. The van der Waals surface area contributed by atoms with Gasteiger partial charge in [-0.25, -0.2) is 4.79 Å². The fraction of sp³-hybridized carbons (Fsp3) is 0.462. The first-order valence-electron chi connectivity index (χ1n) is 6.03. The van der Waals surface area contributed by atoms with Gasteiger partial charge < -0.3 is 24.6 Å². The lowest BCUT2D eigenvalue weighted by molar-refractivity contribution is 0.103. The van der Waals surface area contributed by atoms with Crippen LogP contribution in [0.5, 0.6) is 11.5 Å². The molecule has 1 amide bonds. The molecule has 1 heterocycles. The van der Waals surface area contributed by atoms with Crippen molar-refractivity contribution in [2.45, 2.75) is 19.1 Å². The van der Waals surface area contributed by atoms with E-state index in [1.54, 1.807) is 25.1 Å². The molecule has 0 aliphatic carbocycles. The second-order valence-electron chi connectivity index (χ2n) is 4.31. The number of hydrogen-bond donors (Lipinski definition) is 2. The van der Waals surface area contributed by atoms with Crippen molar-refractivity contribution in [3.8, 4) is 11.5 Å². The Labute approximate surface area is 111 Å². The monoisotopic (exact) mass is 267 g/mol. The third-order valence-corrected chi connectivity index (χ3v) is 2.84. The highest BCUT2D eigenvalue weighted by atomic mass is 16.6. The van der Waals surface area contributed by atoms with Crippen LogP contribution < -0.4 is 14.8 Å². The average molecular weight is 267 g/mol. The zero-order chi connectivity index (χ0) is 13.8. The van der Waals surface area contributed by atoms with E-state index in [-0.39, 0.29) is 12.7 Å². The molecule has 1 aliphatic heterocycles. The molecule has 1 saturated heterocycles. The number of rotatable bonds is 5. The van der Waals surface area contributed by atoms with Crippen LogP contribution >= 0.6 is 0 Å². The molecular formula is C13H17NO5. The van der Waals surface area contributed by atoms with Crippen LogP contribution in [0.4, 0.5) is 4.79 Å². The van der Waals surface area contributed by atoms with E-state index < -0.39 is 12.2 Å². The van der Waals surface area contributed by atoms with Gasteiger partial charge >= 0.3 is 6.09 Å². The zero-order valence-electron chi connectivity index (χ0n) is 10.9. The van der Waals surface area contributed by atoms with Crippen LogP contribution in [0.3, 0.4) is 0 Å². The number of cyclic esters (lactones) is 1. The Bertz CT molecular complexity index is 460. The van der Waals surface area contributed by atoms with E-state index in [2.05, 4.69) is 5.32 Å². The van der Waals surface area contributed by atoms with Crippen LogP contribution in [-0.2, 0) is 4.74 Å². The minimum Gasteiger partial charge on any atom is -0.493 e. The topological polar surface area (TPSA) is 77.0 Å². The third kappa shape index (κ3) is 3.29. The number of hydrogen-bond acceptors (Lipinski definition) is 5. The first-order chi connectivity index (χ1) is 9.10. The minimum atomic E-state index is -0.567. The van der Waals surface area contributed by atoms with Gasteiger partial charge in [-0.1, -0.05) is 6.07 Å². The number of amides is 1. The van der Waals surface area contributed by atoms with E-state index in [1.165, 1.54) is 7.11 Å². The molecule has 1 aromatic carbocycles. The van der Waals surface area contributed by atoms with Crippen LogP contribution in [0.2, 0.25) is 0 Å². The molecule has 2 unspecified atom stereocenters. The van der Waals surface area contributed by atoms with Crippen molar-refractivity contribution in [1.82, 2.24) is 5.32 Å². The molecule has 6 heteroatoms. The Balaban J connectivity index is 2.01. The van der Waals surface area contributed by atoms with Crippen LogP contribution in [0.15, 0.2) is 18.2 Å². The Kier molecular flexibility index (Phi) is 4.11. The van der Waals surface area contributed by atoms with Crippen molar-refractivity contribution in [2.24, 2.45) is 0 Å². The molecule has 2 rings (SSSR count). The lowest BCUT2D eigenvalue weighted by Crippen LogP contribution is -2.22. The van der Waals surface area contributed by atoms with E-state index in [0.717, 1.165) is 5.56 Å². The standard InChI is InChI=1S/C13H17NO5/c1-8(15)9-3-4-11(12(5-9)17-2)18-7-10-6-14-13(16)19-10/h3-5,8,10,15H,6-7H2,1-2H3,(H,14,16). The lowest BCUT2D eigenvalue weighted by Gasteiger charge is -2.14. The number of benzene rings is 1. The fourth-order valence-corrected chi connectivity index (χ4v) is 1.77. The van der Waals surface area contributed by atoms with Crippen molar-refractivity contribution >= 4 is 6.09 Å². The number of methoxy groups -OCH3 is 1. The highest BCUT2D eigenvalue weighted by Gasteiger charge is 2.23. The smallest absolute Gasteiger partial charge is 0.407 e. The van der Waals surface area contributed by atoms with Gasteiger partial charge in [0.2, 0.25) is 0 Å². The van der Waals surface area contributed by atoms with Gasteiger partial charge in [0.05, 0.1) is 19.8 Å². The summed E-state index contributed by atoms with van der Waals surface area (Å²) in [6.07, 6.45) is -1.29. The number of nitrogens with one attached hydrogen (secondary N) is 1. The SMILES string of the molecule is COc1cc(C(C)O)ccc1OCC1CNC(=O)O1. The highest BCUT2D eigenvalue weighted by Crippen LogP contribution is 2.30. The zero-order valence-corrected chi connectivity index (χ0v) is 10.9. The molecule has 2 N–H and O–H groups in total. The van der Waals surface area contributed by atoms with Gasteiger partial charge in [0, 0.05) is 0 Å². The summed E-state index contributed by atoms with van der Waals surface area (Å²) in [5.41, 5.74) is 0.748. The number of aliphatic hydroxyl groups excluding tert-OH is 1. The molecule has 6 nitrogen and oxygen atoms in total. The number of aliphatic hydroxyl groups is 1. The summed E-state index contributed by atoms with van der Waals surface area (Å²) in [5.74, 6) is 1.09. The molecule has 1 aliphatic rings. The average Bonchev–Trinajstić information content (AvgIpc) is 2.81. The summed E-state index contributed by atoms with van der Waals surface area (Å²) in [4.78, 5) is 10.9. The lowest BCUT2D eigenvalue weighted by atomic mass is 10.1. The van der Waals surface area contributed by atoms with Crippen molar-refractivity contribution in [1.29, 1.82) is 0 Å². The molecule has 104 valence electrons. The van der Waals surface area contributed by atoms with E-state index >= 15 is 0 Å². The van der Waals surface area contributed by atoms with Gasteiger partial charge in [0.15, 0.2) is 17.6 Å². The number of carbonyl (C=O) groups is 1. The molecule has 0 spiro atoms. The van der Waals surface area contributed by atoms with E-state index in [1.807, 2.05) is 0 Å². The van der Waals surface area contributed by atoms with Gasteiger partial charge in [-0.05, 0) is 24.6 Å². The van der Waals surface area contributed by atoms with E-state index in [0.29, 0.717) is 18.0 Å². The summed E-state index contributed by atoms with van der Waals surface area (Å²) in [7, 11) is 1.53. The molecule has 0 saturated carbocycles. The summed E-state index contributed by atoms with van der Waals surface area (Å²) >= 11 is 0. The predicted octanol–water partition coefficient (Wildman–Crippen LogP) is 1.24. The molecular weight excluding hydrogens is 250 g/mol. The van der Waals surface area contributed by atoms with Crippen molar-refractivity contribution in [3.63, 3.8) is 0 Å². The van der Waals surface area contributed by atoms with Gasteiger partial charge in [-0.3, -0.25) is 0 Å². The third-order valence-electron chi connectivity index (χ3n) is 2.84. The predicted molar refractivity (Wildman–Crippen MR) is 67.4 cm³/mol. The maximum atomic E-state index is 10.9. The normalized spacial score (nSPS) is 19.5. The van der Waals surface area contributed by atoms with E-state index in [4.69, 9.17) is 14.2 Å². The van der Waals surface area contributed by atoms with E-state index in [9.17, 15) is 9.90 Å². The second-order valence-corrected chi connectivity index (χ2v) is 4.31. The molecule has 1 fully saturated rings. The Morgan fingerprint density at radius 2 is 2.32 bits per heavy atom. The summed E-state index contributed by atoms with van der Waals surface area (Å²) < 4.78 is 15.7. The highest BCUT2D eigenvalue weighted by molar-refractivity contribution is 5.69. The quantitative estimate of drug-likeness (QED) is 0.839. The number of alkyl carbamates (subject to hydrolysis) is 1. The molecule has 0 aromatic heterocycles. The van der Waals surface area contributed by atoms with Gasteiger partial charge in [0.25, 0.3) is 0 Å². The first kappa shape index (κ1) is 13.5. The maximum Gasteiger partial charge on any atom is 0.407 e. The van der Waals surface area contributed by atoms with Gasteiger partial charge in [-0.2, -0.15) is 0 Å². The Morgan fingerprint density at radius 3 is 2.89 bits per heavy atom. The van der Waals surface area contributed by atoms with Crippen LogP contribution in [0, 0.1) is 0 Å². The van der Waals surface area contributed by atoms with Crippen LogP contribution in [0.25, 0.3) is 0 Å². The number of carbonyl (C=O) groups excluding carboxylic acids is 1. The molecule has 2 atom stereocenters. The van der Waals surface area contributed by atoms with Crippen LogP contribution in [0.1, 0.15) is 18.6 Å². The summed E-state index contributed by atoms with van der Waals surface area (Å²) in [5, 5.41) is 12.1. The van der Waals surface area contributed by atoms with Gasteiger partial charge in [0.1, 0.15) is 6.61 Å². The van der Waals surface area contributed by atoms with Gasteiger partial charge in [-0.15, -0.1) is 0 Å². The minimum absolute atomic E-state index is 0.253. The summed E-state index contributed by atoms with van der Waals surface area (Å²) in [6.45, 7) is 2.37. The van der Waals surface area contributed by atoms with Crippen molar-refractivity contribution in [2.75, 3.05) is 20.3 Å². The largest absolute Gasteiger partial charge is 0.493 e. The molecule has 0 bridgehead atoms. The molecule has 0 radical (unpaired) electrons. The van der Waals surface area contributed by atoms with Crippen LogP contribution in [-0.4, -0.2) is 37.6 Å². The fourth-order valence-electron chi connectivity index (χ4n) is 1.77. The Morgan fingerprint density at radius 1 is 1.53 bits per heavy atom. The van der Waals surface area contributed by atoms with Crippen molar-refractivity contribution in [3.05, 3.63) is 23.8 Å². The molecule has 19 heavy (non-hydrogen) atoms. The second kappa shape index (κ2) is 5.79. The summed E-state index contributed by atoms with van der Waals surface area (Å²) in [6, 6.07) is 5.21. The first-order valence-corrected chi connectivity index (χ1v) is 6.03. The Hall–Kier alpha value is -1.95. The number of ether oxygens (including phenoxy) is 3. The maximum absolute atomic E-state index is 10.9. The van der Waals surface area contributed by atoms with Crippen molar-refractivity contribution < 1.29 is 24.1 Å².